The molecule has 2 aliphatic rings. The highest BCUT2D eigenvalue weighted by molar-refractivity contribution is 6.04. The van der Waals surface area contributed by atoms with Gasteiger partial charge in [-0.2, -0.15) is 5.26 Å². The number of hydrogen-bond donors (Lipinski definition) is 3. The minimum Gasteiger partial charge on any atom is -0.443 e. The van der Waals surface area contributed by atoms with Crippen LogP contribution in [0.4, 0.5) is 21.0 Å². The topological polar surface area (TPSA) is 188 Å². The average molecular weight is 650 g/mol. The number of amides is 5. The third-order valence-corrected chi connectivity index (χ3v) is 7.05. The standard InChI is InChI=1S/C33H39N5O9/c1-32(2,3)46-30(43)38(31(44)47-33(4,5)6)18-21-15-22(8-7-20(21)17-34)36-28(41)25(39)26-29(42)37(13-14-45-26)23-9-10-24-19(16-23)11-12-35-27(24)40/h7-10,15-16,25-26,39H,11-14,18H2,1-6H3,(H,35,40)(H,36,41)/t25-,26-/m1/s1. The number of hydrogen-bond acceptors (Lipinski definition) is 10. The molecule has 0 aliphatic carbocycles. The molecule has 0 radical (unpaired) electrons. The Balaban J connectivity index is 1.52. The van der Waals surface area contributed by atoms with Crippen molar-refractivity contribution in [1.82, 2.24) is 10.2 Å². The number of morpholine rings is 1. The zero-order chi connectivity index (χ0) is 34.7. The lowest BCUT2D eigenvalue weighted by atomic mass is 9.99. The molecular formula is C33H39N5O9. The first-order valence-corrected chi connectivity index (χ1v) is 15.1. The molecule has 4 rings (SSSR count). The van der Waals surface area contributed by atoms with Gasteiger partial charge in [-0.25, -0.2) is 14.5 Å². The van der Waals surface area contributed by atoms with Gasteiger partial charge in [0.05, 0.1) is 24.8 Å². The summed E-state index contributed by atoms with van der Waals surface area (Å²) in [6.07, 6.45) is -4.83. The normalized spacial score (nSPS) is 17.1. The summed E-state index contributed by atoms with van der Waals surface area (Å²) < 4.78 is 16.3. The van der Waals surface area contributed by atoms with Gasteiger partial charge in [-0.1, -0.05) is 0 Å². The number of carbonyl (C=O) groups is 5. The van der Waals surface area contributed by atoms with Crippen LogP contribution in [0.5, 0.6) is 0 Å². The number of benzene rings is 2. The average Bonchev–Trinajstić information content (AvgIpc) is 2.98. The molecule has 0 aromatic heterocycles. The fourth-order valence-corrected chi connectivity index (χ4v) is 4.94. The van der Waals surface area contributed by atoms with E-state index >= 15 is 0 Å². The van der Waals surface area contributed by atoms with Crippen LogP contribution in [0.1, 0.15) is 68.6 Å². The Morgan fingerprint density at radius 2 is 1.74 bits per heavy atom. The predicted molar refractivity (Wildman–Crippen MR) is 168 cm³/mol. The fourth-order valence-electron chi connectivity index (χ4n) is 4.94. The Kier molecular flexibility index (Phi) is 10.2. The Labute approximate surface area is 272 Å². The monoisotopic (exact) mass is 649 g/mol. The molecule has 3 N–H and O–H groups in total. The van der Waals surface area contributed by atoms with Crippen molar-refractivity contribution in [3.05, 3.63) is 58.7 Å². The second kappa shape index (κ2) is 13.8. The van der Waals surface area contributed by atoms with Crippen molar-refractivity contribution in [2.75, 3.05) is 29.9 Å². The van der Waals surface area contributed by atoms with Crippen molar-refractivity contribution < 1.29 is 43.3 Å². The third kappa shape index (κ3) is 8.63. The molecule has 0 bridgehead atoms. The van der Waals surface area contributed by atoms with Crippen LogP contribution in [0.2, 0.25) is 0 Å². The van der Waals surface area contributed by atoms with Crippen LogP contribution < -0.4 is 15.5 Å². The first-order chi connectivity index (χ1) is 22.0. The number of carbonyl (C=O) groups excluding carboxylic acids is 5. The minimum absolute atomic E-state index is 0.0461. The molecule has 1 fully saturated rings. The molecule has 0 spiro atoms. The second-order valence-corrected chi connectivity index (χ2v) is 13.1. The van der Waals surface area contributed by atoms with Crippen molar-refractivity contribution in [1.29, 1.82) is 5.26 Å². The minimum atomic E-state index is -1.91. The summed E-state index contributed by atoms with van der Waals surface area (Å²) in [6.45, 7) is 10.1. The van der Waals surface area contributed by atoms with Crippen molar-refractivity contribution >= 4 is 41.3 Å². The fraction of sp³-hybridized carbons (Fsp3) is 0.455. The zero-order valence-electron chi connectivity index (χ0n) is 27.2. The molecule has 2 aromatic carbocycles. The molecule has 250 valence electrons. The number of aliphatic hydroxyl groups excluding tert-OH is 1. The molecule has 2 aromatic rings. The summed E-state index contributed by atoms with van der Waals surface area (Å²) in [5, 5.41) is 25.9. The van der Waals surface area contributed by atoms with Gasteiger partial charge in [0.2, 0.25) is 0 Å². The van der Waals surface area contributed by atoms with Crippen LogP contribution in [-0.4, -0.2) is 83.0 Å². The summed E-state index contributed by atoms with van der Waals surface area (Å²) >= 11 is 0. The van der Waals surface area contributed by atoms with E-state index in [-0.39, 0.29) is 35.9 Å². The molecule has 14 heteroatoms. The summed E-state index contributed by atoms with van der Waals surface area (Å²) in [6, 6.07) is 11.1. The number of fused-ring (bicyclic) bond motifs is 1. The van der Waals surface area contributed by atoms with Crippen LogP contribution in [0.15, 0.2) is 36.4 Å². The molecule has 0 unspecified atom stereocenters. The molecule has 14 nitrogen and oxygen atoms in total. The van der Waals surface area contributed by atoms with Gasteiger partial charge in [0, 0.05) is 30.0 Å². The first kappa shape index (κ1) is 34.9. The van der Waals surface area contributed by atoms with Gasteiger partial charge in [-0.15, -0.1) is 0 Å². The summed E-state index contributed by atoms with van der Waals surface area (Å²) in [4.78, 5) is 66.8. The third-order valence-electron chi connectivity index (χ3n) is 7.05. The maximum Gasteiger partial charge on any atom is 0.420 e. The van der Waals surface area contributed by atoms with Crippen LogP contribution >= 0.6 is 0 Å². The van der Waals surface area contributed by atoms with Gasteiger partial charge in [-0.3, -0.25) is 14.4 Å². The Morgan fingerprint density at radius 3 is 2.36 bits per heavy atom. The van der Waals surface area contributed by atoms with Crippen molar-refractivity contribution in [2.45, 2.75) is 77.9 Å². The predicted octanol–water partition coefficient (Wildman–Crippen LogP) is 3.25. The number of rotatable bonds is 6. The van der Waals surface area contributed by atoms with E-state index in [4.69, 9.17) is 14.2 Å². The van der Waals surface area contributed by atoms with E-state index in [2.05, 4.69) is 10.6 Å². The SMILES string of the molecule is CC(C)(C)OC(=O)N(Cc1cc(NC(=O)[C@H](O)[C@H]2OCCN(c3ccc4c(c3)CCNC4=O)C2=O)ccc1C#N)C(=O)OC(C)(C)C. The van der Waals surface area contributed by atoms with E-state index in [1.54, 1.807) is 59.7 Å². The molecular weight excluding hydrogens is 610 g/mol. The van der Waals surface area contributed by atoms with E-state index in [0.29, 0.717) is 29.1 Å². The van der Waals surface area contributed by atoms with Crippen LogP contribution in [0.25, 0.3) is 0 Å². The van der Waals surface area contributed by atoms with Gasteiger partial charge in [0.25, 0.3) is 17.7 Å². The molecule has 47 heavy (non-hydrogen) atoms. The highest BCUT2D eigenvalue weighted by Gasteiger charge is 2.40. The van der Waals surface area contributed by atoms with Crippen LogP contribution in [-0.2, 0) is 36.8 Å². The number of nitrogens with one attached hydrogen (secondary N) is 2. The quantitative estimate of drug-likeness (QED) is 0.419. The lowest BCUT2D eigenvalue weighted by molar-refractivity contribution is -0.150. The maximum atomic E-state index is 13.4. The lowest BCUT2D eigenvalue weighted by Gasteiger charge is -2.34. The number of nitrogens with zero attached hydrogens (tertiary/aromatic N) is 3. The molecule has 0 saturated carbocycles. The Bertz CT molecular complexity index is 1590. The highest BCUT2D eigenvalue weighted by atomic mass is 16.6. The van der Waals surface area contributed by atoms with Crippen molar-refractivity contribution in [3.63, 3.8) is 0 Å². The van der Waals surface area contributed by atoms with Gasteiger partial charge in [0.15, 0.2) is 12.2 Å². The molecule has 2 atom stereocenters. The number of aliphatic hydroxyl groups is 1. The lowest BCUT2D eigenvalue weighted by Crippen LogP contribution is -2.55. The van der Waals surface area contributed by atoms with Crippen LogP contribution in [0, 0.1) is 11.3 Å². The molecule has 1 saturated heterocycles. The highest BCUT2D eigenvalue weighted by Crippen LogP contribution is 2.26. The number of ether oxygens (including phenoxy) is 3. The van der Waals surface area contributed by atoms with E-state index in [0.717, 1.165) is 5.56 Å². The van der Waals surface area contributed by atoms with E-state index in [1.165, 1.54) is 23.1 Å². The smallest absolute Gasteiger partial charge is 0.420 e. The zero-order valence-corrected chi connectivity index (χ0v) is 27.2. The van der Waals surface area contributed by atoms with Gasteiger partial charge < -0.3 is 34.9 Å². The Hall–Kier alpha value is -5.00. The maximum absolute atomic E-state index is 13.4. The summed E-state index contributed by atoms with van der Waals surface area (Å²) in [5.74, 6) is -1.78. The van der Waals surface area contributed by atoms with Crippen molar-refractivity contribution in [3.8, 4) is 6.07 Å². The first-order valence-electron chi connectivity index (χ1n) is 15.1. The summed E-state index contributed by atoms with van der Waals surface area (Å²) in [7, 11) is 0. The number of nitriles is 1. The van der Waals surface area contributed by atoms with E-state index in [1.807, 2.05) is 6.07 Å². The van der Waals surface area contributed by atoms with Crippen molar-refractivity contribution in [2.24, 2.45) is 0 Å². The van der Waals surface area contributed by atoms with Crippen LogP contribution in [0.3, 0.4) is 0 Å². The summed E-state index contributed by atoms with van der Waals surface area (Å²) in [5.41, 5.74) is 0.342. The largest absolute Gasteiger partial charge is 0.443 e. The molecule has 2 heterocycles. The number of anilines is 2. The van der Waals surface area contributed by atoms with E-state index < -0.39 is 54.0 Å². The van der Waals surface area contributed by atoms with Gasteiger partial charge in [-0.05, 0) is 95.5 Å². The Morgan fingerprint density at radius 1 is 1.09 bits per heavy atom. The van der Waals surface area contributed by atoms with E-state index in [9.17, 15) is 34.3 Å². The molecule has 2 aliphatic heterocycles. The second-order valence-electron chi connectivity index (χ2n) is 13.1. The van der Waals surface area contributed by atoms with Gasteiger partial charge >= 0.3 is 12.2 Å². The number of imide groups is 1. The molecule has 5 amide bonds. The van der Waals surface area contributed by atoms with Gasteiger partial charge in [0.1, 0.15) is 11.2 Å².